The van der Waals surface area contributed by atoms with Crippen molar-refractivity contribution in [2.75, 3.05) is 0 Å². The first-order valence-corrected chi connectivity index (χ1v) is 11.0. The van der Waals surface area contributed by atoms with E-state index in [1.807, 2.05) is 13.0 Å². The van der Waals surface area contributed by atoms with Gasteiger partial charge in [-0.05, 0) is 42.5 Å². The van der Waals surface area contributed by atoms with Gasteiger partial charge >= 0.3 is 24.8 Å². The standard InChI is InChI=1S/C15H13.C11H16O.CH2.Ti/c1-10-5-3-7-12-13-8-4-6-11(2)15(13)9-14(10)12;1-8-5-9(11(2,3)4)7-10(12)6-8;;/h3-9H,1-2H3;5-7,12H,1-4H3;1H2;/q-1;;;+1. The van der Waals surface area contributed by atoms with Crippen LogP contribution in [0.15, 0.2) is 60.7 Å². The summed E-state index contributed by atoms with van der Waals surface area (Å²) in [7, 11) is 0. The molecule has 0 bridgehead atoms. The molecule has 0 saturated carbocycles. The molecule has 2 aromatic carbocycles. The summed E-state index contributed by atoms with van der Waals surface area (Å²) in [6.45, 7) is 12.8. The fourth-order valence-electron chi connectivity index (χ4n) is 3.55. The van der Waals surface area contributed by atoms with Crippen molar-refractivity contribution in [2.45, 2.75) is 47.0 Å². The normalized spacial score (nSPS) is 10.9. The molecule has 0 aliphatic heterocycles. The molecule has 2 aliphatic carbocycles. The van der Waals surface area contributed by atoms with Crippen molar-refractivity contribution in [3.05, 3.63) is 82.9 Å². The molecule has 0 radical (unpaired) electrons. The quantitative estimate of drug-likeness (QED) is 0.235. The van der Waals surface area contributed by atoms with Gasteiger partial charge < -0.3 is 5.11 Å². The summed E-state index contributed by atoms with van der Waals surface area (Å²) in [6, 6.07) is 21.1. The van der Waals surface area contributed by atoms with Crippen molar-refractivity contribution >= 4 is 15.6 Å². The van der Waals surface area contributed by atoms with E-state index in [0.717, 1.165) is 5.56 Å². The molecule has 2 aliphatic rings. The predicted octanol–water partition coefficient (Wildman–Crippen LogP) is 7.24. The third-order valence-corrected chi connectivity index (χ3v) is 5.16. The molecule has 4 rings (SSSR count). The van der Waals surface area contributed by atoms with Crippen LogP contribution in [0.1, 0.15) is 43.0 Å². The Labute approximate surface area is 187 Å². The second-order valence-electron chi connectivity index (χ2n) is 8.52. The molecule has 0 unspecified atom stereocenters. The molecule has 2 aromatic rings. The van der Waals surface area contributed by atoms with Crippen molar-refractivity contribution in [1.29, 1.82) is 0 Å². The van der Waals surface area contributed by atoms with Crippen LogP contribution in [-0.2, 0) is 25.4 Å². The third kappa shape index (κ3) is 5.50. The number of hydrogen-bond donors (Lipinski definition) is 1. The van der Waals surface area contributed by atoms with Crippen LogP contribution in [0.2, 0.25) is 0 Å². The monoisotopic (exact) mass is 419 g/mol. The summed E-state index contributed by atoms with van der Waals surface area (Å²) in [5, 5.41) is 12.1. The van der Waals surface area contributed by atoms with Crippen LogP contribution in [0, 0.1) is 20.8 Å². The van der Waals surface area contributed by atoms with Crippen LogP contribution < -0.4 is 0 Å². The van der Waals surface area contributed by atoms with E-state index >= 15 is 0 Å². The molecule has 1 nitrogen and oxygen atoms in total. The van der Waals surface area contributed by atoms with Crippen molar-refractivity contribution in [1.82, 2.24) is 0 Å². The van der Waals surface area contributed by atoms with Gasteiger partial charge in [-0.2, -0.15) is 0 Å². The summed E-state index contributed by atoms with van der Waals surface area (Å²) in [5.74, 6) is 0.361. The van der Waals surface area contributed by atoms with Gasteiger partial charge in [0.05, 0.1) is 0 Å². The minimum absolute atomic E-state index is 0.115. The molecule has 29 heavy (non-hydrogen) atoms. The van der Waals surface area contributed by atoms with Gasteiger partial charge in [0.15, 0.2) is 0 Å². The van der Waals surface area contributed by atoms with E-state index in [2.05, 4.69) is 88.0 Å². The van der Waals surface area contributed by atoms with Crippen LogP contribution in [0.5, 0.6) is 5.75 Å². The molecular formula is C27H31OTi. The number of phenolic OH excluding ortho intramolecular Hbond substituents is 1. The Morgan fingerprint density at radius 1 is 0.897 bits per heavy atom. The van der Waals surface area contributed by atoms with E-state index in [0.29, 0.717) is 5.75 Å². The SMILES string of the molecule is Cc1cc(O)cc(C(C)(C)C)c1.Cc1cccc2c3ccc[c-](C)c-3cc12.[CH2]=[Ti+]. The van der Waals surface area contributed by atoms with Gasteiger partial charge in [-0.25, -0.2) is 0 Å². The van der Waals surface area contributed by atoms with E-state index in [-0.39, 0.29) is 5.41 Å². The molecular weight excluding hydrogens is 388 g/mol. The van der Waals surface area contributed by atoms with Gasteiger partial charge in [0.1, 0.15) is 5.75 Å². The zero-order valence-corrected chi connectivity index (χ0v) is 20.0. The summed E-state index contributed by atoms with van der Waals surface area (Å²) in [4.78, 5) is 3.25. The predicted molar refractivity (Wildman–Crippen MR) is 124 cm³/mol. The Morgan fingerprint density at radius 2 is 1.59 bits per heavy atom. The summed E-state index contributed by atoms with van der Waals surface area (Å²) in [6.07, 6.45) is 0. The van der Waals surface area contributed by atoms with Crippen LogP contribution in [0.25, 0.3) is 21.9 Å². The molecule has 0 spiro atoms. The second kappa shape index (κ2) is 9.61. The van der Waals surface area contributed by atoms with Gasteiger partial charge in [0.2, 0.25) is 0 Å². The second-order valence-corrected chi connectivity index (χ2v) is 8.52. The first-order valence-electron chi connectivity index (χ1n) is 9.87. The molecule has 0 fully saturated rings. The molecule has 2 heteroatoms. The fourth-order valence-corrected chi connectivity index (χ4v) is 3.55. The third-order valence-electron chi connectivity index (χ3n) is 5.16. The number of aryl methyl sites for hydroxylation is 3. The van der Waals surface area contributed by atoms with Gasteiger partial charge in [-0.15, -0.1) is 41.0 Å². The molecule has 1 N–H and O–H groups in total. The first kappa shape index (κ1) is 23.2. The maximum atomic E-state index is 9.36. The van der Waals surface area contributed by atoms with Crippen molar-refractivity contribution < 1.29 is 25.1 Å². The van der Waals surface area contributed by atoms with E-state index in [4.69, 9.17) is 0 Å². The van der Waals surface area contributed by atoms with Crippen LogP contribution in [0.4, 0.5) is 0 Å². The average Bonchev–Trinajstić information content (AvgIpc) is 3.04. The molecule has 149 valence electrons. The van der Waals surface area contributed by atoms with Gasteiger partial charge in [-0.1, -0.05) is 68.3 Å². The number of hydrogen-bond acceptors (Lipinski definition) is 1. The number of aromatic hydroxyl groups is 1. The molecule has 0 aromatic heterocycles. The Kier molecular flexibility index (Phi) is 7.69. The number of rotatable bonds is 0. The van der Waals surface area contributed by atoms with Crippen LogP contribution >= 0.6 is 0 Å². The van der Waals surface area contributed by atoms with Crippen LogP contribution in [0.3, 0.4) is 0 Å². The van der Waals surface area contributed by atoms with Gasteiger partial charge in [0.25, 0.3) is 0 Å². The summed E-state index contributed by atoms with van der Waals surface area (Å²) in [5.41, 5.74) is 7.91. The Bertz CT molecular complexity index is 1050. The zero-order valence-electron chi connectivity index (χ0n) is 18.4. The topological polar surface area (TPSA) is 20.2 Å². The van der Waals surface area contributed by atoms with Gasteiger partial charge in [0, 0.05) is 0 Å². The van der Waals surface area contributed by atoms with Crippen molar-refractivity contribution in [3.63, 3.8) is 0 Å². The Balaban J connectivity index is 0.000000196. The maximum absolute atomic E-state index is 9.36. The number of benzene rings is 3. The number of phenols is 1. The average molecular weight is 419 g/mol. The summed E-state index contributed by atoms with van der Waals surface area (Å²) >= 11 is 1.75. The number of fused-ring (bicyclic) bond motifs is 3. The van der Waals surface area contributed by atoms with E-state index < -0.39 is 0 Å². The van der Waals surface area contributed by atoms with Crippen LogP contribution in [-0.4, -0.2) is 9.92 Å². The first-order chi connectivity index (χ1) is 13.7. The summed E-state index contributed by atoms with van der Waals surface area (Å²) < 4.78 is 0. The van der Waals surface area contributed by atoms with Crippen molar-refractivity contribution in [3.8, 4) is 16.9 Å². The van der Waals surface area contributed by atoms with Gasteiger partial charge in [-0.3, -0.25) is 0 Å². The Morgan fingerprint density at radius 3 is 2.21 bits per heavy atom. The van der Waals surface area contributed by atoms with Crippen molar-refractivity contribution in [2.24, 2.45) is 0 Å². The molecule has 0 heterocycles. The Hall–Kier alpha value is -2.09. The molecule has 0 atom stereocenters. The zero-order chi connectivity index (χ0) is 21.8. The molecule has 0 saturated heterocycles. The van der Waals surface area contributed by atoms with E-state index in [1.54, 1.807) is 26.0 Å². The van der Waals surface area contributed by atoms with E-state index in [1.165, 1.54) is 38.6 Å². The fraction of sp³-hybridized carbons (Fsp3) is 0.259. The minimum atomic E-state index is 0.115. The van der Waals surface area contributed by atoms with E-state index in [9.17, 15) is 5.11 Å². The molecule has 0 amide bonds.